The standard InChI is InChI=1S/C24H31N3O/c28-23(26-18-22-12-7-15-25-22)24(21-10-5-2-6-11-21)13-16-27(17-14-24)19-20-8-3-1-4-9-20/h1-6,8-11,22,25H,7,12-19H2,(H,26,28)/t22-/m0/s1. The molecule has 2 fully saturated rings. The second-order valence-electron chi connectivity index (χ2n) is 8.21. The highest BCUT2D eigenvalue weighted by Gasteiger charge is 2.42. The van der Waals surface area contributed by atoms with Crippen molar-refractivity contribution in [2.45, 2.75) is 43.7 Å². The smallest absolute Gasteiger partial charge is 0.230 e. The summed E-state index contributed by atoms with van der Waals surface area (Å²) in [5.41, 5.74) is 2.09. The van der Waals surface area contributed by atoms with Crippen LogP contribution in [0.5, 0.6) is 0 Å². The molecule has 0 saturated carbocycles. The molecule has 0 aromatic heterocycles. The minimum atomic E-state index is -0.410. The number of nitrogens with zero attached hydrogens (tertiary/aromatic N) is 1. The number of nitrogens with one attached hydrogen (secondary N) is 2. The zero-order valence-electron chi connectivity index (χ0n) is 16.6. The van der Waals surface area contributed by atoms with E-state index in [0.29, 0.717) is 6.04 Å². The van der Waals surface area contributed by atoms with Gasteiger partial charge in [-0.05, 0) is 56.4 Å². The Hall–Kier alpha value is -2.17. The summed E-state index contributed by atoms with van der Waals surface area (Å²) in [7, 11) is 0. The molecule has 0 unspecified atom stereocenters. The molecule has 0 radical (unpaired) electrons. The molecule has 4 heteroatoms. The number of amides is 1. The highest BCUT2D eigenvalue weighted by Crippen LogP contribution is 2.36. The zero-order chi connectivity index (χ0) is 19.2. The van der Waals surface area contributed by atoms with Crippen LogP contribution in [0.2, 0.25) is 0 Å². The van der Waals surface area contributed by atoms with E-state index in [4.69, 9.17) is 0 Å². The third kappa shape index (κ3) is 4.29. The van der Waals surface area contributed by atoms with E-state index in [0.717, 1.165) is 57.5 Å². The van der Waals surface area contributed by atoms with Crippen molar-refractivity contribution in [3.8, 4) is 0 Å². The molecule has 4 nitrogen and oxygen atoms in total. The van der Waals surface area contributed by atoms with E-state index in [-0.39, 0.29) is 5.91 Å². The number of rotatable bonds is 6. The molecule has 2 aliphatic rings. The van der Waals surface area contributed by atoms with Crippen molar-refractivity contribution < 1.29 is 4.79 Å². The van der Waals surface area contributed by atoms with Crippen LogP contribution in [-0.2, 0) is 16.8 Å². The van der Waals surface area contributed by atoms with E-state index in [9.17, 15) is 4.79 Å². The minimum Gasteiger partial charge on any atom is -0.354 e. The summed E-state index contributed by atoms with van der Waals surface area (Å²) in [5.74, 6) is 0.201. The Kier molecular flexibility index (Phi) is 6.08. The van der Waals surface area contributed by atoms with Crippen molar-refractivity contribution in [3.05, 3.63) is 71.8 Å². The van der Waals surface area contributed by atoms with E-state index in [1.807, 2.05) is 6.07 Å². The summed E-state index contributed by atoms with van der Waals surface area (Å²) in [5, 5.41) is 6.76. The summed E-state index contributed by atoms with van der Waals surface area (Å²) in [6, 6.07) is 21.4. The Balaban J connectivity index is 1.45. The molecule has 148 valence electrons. The van der Waals surface area contributed by atoms with Gasteiger partial charge < -0.3 is 10.6 Å². The van der Waals surface area contributed by atoms with Crippen LogP contribution >= 0.6 is 0 Å². The first-order chi connectivity index (χ1) is 13.8. The van der Waals surface area contributed by atoms with Crippen molar-refractivity contribution in [2.75, 3.05) is 26.2 Å². The molecule has 2 aromatic rings. The number of benzene rings is 2. The molecule has 2 saturated heterocycles. The second kappa shape index (κ2) is 8.89. The highest BCUT2D eigenvalue weighted by molar-refractivity contribution is 5.88. The van der Waals surface area contributed by atoms with Crippen molar-refractivity contribution in [1.29, 1.82) is 0 Å². The van der Waals surface area contributed by atoms with Gasteiger partial charge in [-0.15, -0.1) is 0 Å². The van der Waals surface area contributed by atoms with Gasteiger partial charge in [0.2, 0.25) is 5.91 Å². The van der Waals surface area contributed by atoms with Crippen LogP contribution in [0.4, 0.5) is 0 Å². The largest absolute Gasteiger partial charge is 0.354 e. The summed E-state index contributed by atoms with van der Waals surface area (Å²) in [6.07, 6.45) is 4.10. The average molecular weight is 378 g/mol. The zero-order valence-corrected chi connectivity index (χ0v) is 16.6. The molecule has 2 N–H and O–H groups in total. The lowest BCUT2D eigenvalue weighted by Crippen LogP contribution is -2.53. The molecule has 2 heterocycles. The van der Waals surface area contributed by atoms with Gasteiger partial charge in [-0.25, -0.2) is 0 Å². The van der Waals surface area contributed by atoms with Crippen LogP contribution in [0, 0.1) is 0 Å². The molecule has 4 rings (SSSR count). The fraction of sp³-hybridized carbons (Fsp3) is 0.458. The van der Waals surface area contributed by atoms with Crippen molar-refractivity contribution in [2.24, 2.45) is 0 Å². The van der Waals surface area contributed by atoms with E-state index in [1.54, 1.807) is 0 Å². The molecule has 2 aromatic carbocycles. The first-order valence-electron chi connectivity index (χ1n) is 10.6. The molecular formula is C24H31N3O. The molecule has 0 aliphatic carbocycles. The molecule has 2 aliphatic heterocycles. The maximum atomic E-state index is 13.4. The van der Waals surface area contributed by atoms with Gasteiger partial charge in [0.25, 0.3) is 0 Å². The predicted octanol–water partition coefficient (Wildman–Crippen LogP) is 3.09. The number of piperidine rings is 1. The summed E-state index contributed by atoms with van der Waals surface area (Å²) in [4.78, 5) is 15.9. The Morgan fingerprint density at radius 1 is 1.04 bits per heavy atom. The van der Waals surface area contributed by atoms with Crippen LogP contribution in [0.25, 0.3) is 0 Å². The molecule has 1 amide bonds. The molecule has 28 heavy (non-hydrogen) atoms. The number of hydrogen-bond donors (Lipinski definition) is 2. The van der Waals surface area contributed by atoms with Gasteiger partial charge >= 0.3 is 0 Å². The average Bonchev–Trinajstić information content (AvgIpc) is 3.28. The molecule has 1 atom stereocenters. The molecule has 0 spiro atoms. The highest BCUT2D eigenvalue weighted by atomic mass is 16.2. The quantitative estimate of drug-likeness (QED) is 0.813. The van der Waals surface area contributed by atoms with Gasteiger partial charge in [0.1, 0.15) is 0 Å². The van der Waals surface area contributed by atoms with Gasteiger partial charge in [-0.3, -0.25) is 9.69 Å². The van der Waals surface area contributed by atoms with Crippen LogP contribution in [0.15, 0.2) is 60.7 Å². The van der Waals surface area contributed by atoms with Crippen LogP contribution in [0.3, 0.4) is 0 Å². The Labute approximate surface area is 168 Å². The maximum Gasteiger partial charge on any atom is 0.230 e. The first kappa shape index (κ1) is 19.2. The number of likely N-dealkylation sites (tertiary alicyclic amines) is 1. The van der Waals surface area contributed by atoms with Crippen molar-refractivity contribution >= 4 is 5.91 Å². The van der Waals surface area contributed by atoms with Gasteiger partial charge in [0, 0.05) is 19.1 Å². The number of carbonyl (C=O) groups excluding carboxylic acids is 1. The van der Waals surface area contributed by atoms with Crippen LogP contribution in [-0.4, -0.2) is 43.0 Å². The van der Waals surface area contributed by atoms with Crippen LogP contribution < -0.4 is 10.6 Å². The molecule has 0 bridgehead atoms. The Bertz CT molecular complexity index is 748. The minimum absolute atomic E-state index is 0.201. The SMILES string of the molecule is O=C(NC[C@@H]1CCCN1)C1(c2ccccc2)CCN(Cc2ccccc2)CC1. The number of hydrogen-bond acceptors (Lipinski definition) is 3. The lowest BCUT2D eigenvalue weighted by atomic mass is 9.72. The fourth-order valence-corrected chi connectivity index (χ4v) is 4.65. The van der Waals surface area contributed by atoms with E-state index in [1.165, 1.54) is 12.0 Å². The summed E-state index contributed by atoms with van der Waals surface area (Å²) < 4.78 is 0. The maximum absolute atomic E-state index is 13.4. The van der Waals surface area contributed by atoms with E-state index >= 15 is 0 Å². The van der Waals surface area contributed by atoms with Gasteiger partial charge in [0.15, 0.2) is 0 Å². The van der Waals surface area contributed by atoms with Gasteiger partial charge in [-0.2, -0.15) is 0 Å². The third-order valence-electron chi connectivity index (χ3n) is 6.39. The molecular weight excluding hydrogens is 346 g/mol. The van der Waals surface area contributed by atoms with Crippen LogP contribution in [0.1, 0.15) is 36.8 Å². The van der Waals surface area contributed by atoms with Crippen molar-refractivity contribution in [3.63, 3.8) is 0 Å². The topological polar surface area (TPSA) is 44.4 Å². The third-order valence-corrected chi connectivity index (χ3v) is 6.39. The summed E-state index contributed by atoms with van der Waals surface area (Å²) in [6.45, 7) is 4.65. The fourth-order valence-electron chi connectivity index (χ4n) is 4.65. The lowest BCUT2D eigenvalue weighted by molar-refractivity contribution is -0.128. The summed E-state index contributed by atoms with van der Waals surface area (Å²) >= 11 is 0. The normalized spacial score (nSPS) is 22.1. The monoisotopic (exact) mass is 377 g/mol. The van der Waals surface area contributed by atoms with Crippen molar-refractivity contribution in [1.82, 2.24) is 15.5 Å². The predicted molar refractivity (Wildman–Crippen MR) is 113 cm³/mol. The Morgan fingerprint density at radius 3 is 2.36 bits per heavy atom. The second-order valence-corrected chi connectivity index (χ2v) is 8.21. The van der Waals surface area contributed by atoms with Gasteiger partial charge in [-0.1, -0.05) is 60.7 Å². The van der Waals surface area contributed by atoms with Gasteiger partial charge in [0.05, 0.1) is 5.41 Å². The number of carbonyl (C=O) groups is 1. The first-order valence-corrected chi connectivity index (χ1v) is 10.6. The van der Waals surface area contributed by atoms with E-state index < -0.39 is 5.41 Å². The lowest BCUT2D eigenvalue weighted by Gasteiger charge is -2.41. The Morgan fingerprint density at radius 2 is 1.71 bits per heavy atom. The van der Waals surface area contributed by atoms with E-state index in [2.05, 4.69) is 70.1 Å².